The van der Waals surface area contributed by atoms with Gasteiger partial charge in [0.1, 0.15) is 18.8 Å². The van der Waals surface area contributed by atoms with Crippen molar-refractivity contribution in [2.45, 2.75) is 24.6 Å². The van der Waals surface area contributed by atoms with Crippen LogP contribution in [0.25, 0.3) is 0 Å². The van der Waals surface area contributed by atoms with E-state index in [0.717, 1.165) is 0 Å². The molecule has 1 heterocycles. The molecule has 1 aliphatic rings. The molecule has 7 heteroatoms. The van der Waals surface area contributed by atoms with Gasteiger partial charge in [0.2, 0.25) is 0 Å². The zero-order valence-corrected chi connectivity index (χ0v) is 13.7. The maximum atomic E-state index is 12.1. The molecular weight excluding hydrogens is 340 g/mol. The SMILES string of the molecule is O=C(OC[C@H]1O[C@@H](O)[C@@H](OC(=O)c2ccccc2)[C@@H]1O)c1ccccc1. The Morgan fingerprint density at radius 3 is 2.00 bits per heavy atom. The van der Waals surface area contributed by atoms with Gasteiger partial charge >= 0.3 is 11.9 Å². The smallest absolute Gasteiger partial charge is 0.338 e. The Morgan fingerprint density at radius 1 is 0.885 bits per heavy atom. The van der Waals surface area contributed by atoms with Crippen molar-refractivity contribution in [2.75, 3.05) is 6.61 Å². The number of hydrogen-bond acceptors (Lipinski definition) is 7. The molecule has 26 heavy (non-hydrogen) atoms. The lowest BCUT2D eigenvalue weighted by atomic mass is 10.1. The minimum Gasteiger partial charge on any atom is -0.459 e. The van der Waals surface area contributed by atoms with Gasteiger partial charge in [0, 0.05) is 0 Å². The molecule has 0 amide bonds. The van der Waals surface area contributed by atoms with Crippen LogP contribution in [-0.2, 0) is 14.2 Å². The van der Waals surface area contributed by atoms with Crippen LogP contribution in [0.15, 0.2) is 60.7 Å². The summed E-state index contributed by atoms with van der Waals surface area (Å²) in [5, 5.41) is 20.2. The third kappa shape index (κ3) is 4.08. The van der Waals surface area contributed by atoms with Crippen LogP contribution in [-0.4, -0.2) is 53.4 Å². The fourth-order valence-corrected chi connectivity index (χ4v) is 2.56. The van der Waals surface area contributed by atoms with E-state index < -0.39 is 36.5 Å². The molecule has 0 aliphatic carbocycles. The normalized spacial score (nSPS) is 24.8. The molecule has 0 radical (unpaired) electrons. The Bertz CT molecular complexity index is 747. The van der Waals surface area contributed by atoms with Crippen molar-refractivity contribution in [3.8, 4) is 0 Å². The topological polar surface area (TPSA) is 102 Å². The van der Waals surface area contributed by atoms with Crippen LogP contribution < -0.4 is 0 Å². The summed E-state index contributed by atoms with van der Waals surface area (Å²) in [6, 6.07) is 16.5. The third-order valence-corrected chi connectivity index (χ3v) is 3.95. The summed E-state index contributed by atoms with van der Waals surface area (Å²) in [5.41, 5.74) is 0.637. The number of esters is 2. The van der Waals surface area contributed by atoms with E-state index in [2.05, 4.69) is 0 Å². The second-order valence-corrected chi connectivity index (χ2v) is 5.76. The molecule has 4 atom stereocenters. The molecule has 0 spiro atoms. The van der Waals surface area contributed by atoms with E-state index in [9.17, 15) is 19.8 Å². The van der Waals surface area contributed by atoms with Crippen LogP contribution in [0.2, 0.25) is 0 Å². The first-order valence-electron chi connectivity index (χ1n) is 8.06. The molecule has 0 unspecified atom stereocenters. The summed E-state index contributed by atoms with van der Waals surface area (Å²) in [4.78, 5) is 24.0. The van der Waals surface area contributed by atoms with E-state index in [0.29, 0.717) is 5.56 Å². The van der Waals surface area contributed by atoms with Gasteiger partial charge in [-0.15, -0.1) is 0 Å². The van der Waals surface area contributed by atoms with Crippen molar-refractivity contribution in [1.82, 2.24) is 0 Å². The van der Waals surface area contributed by atoms with Crippen LogP contribution in [0.4, 0.5) is 0 Å². The number of aliphatic hydroxyl groups excluding tert-OH is 2. The first kappa shape index (κ1) is 18.1. The standard InChI is InChI=1S/C19H18O7/c20-15-14(11-24-17(21)12-7-3-1-4-8-12)25-19(23)16(15)26-18(22)13-9-5-2-6-10-13/h1-10,14-16,19-20,23H,11H2/t14-,15-,16+,19-/m1/s1. The summed E-state index contributed by atoms with van der Waals surface area (Å²) in [6.07, 6.45) is -5.13. The lowest BCUT2D eigenvalue weighted by Gasteiger charge is -2.18. The first-order chi connectivity index (χ1) is 12.6. The Kier molecular flexibility index (Phi) is 5.62. The van der Waals surface area contributed by atoms with Gasteiger partial charge in [0.25, 0.3) is 0 Å². The van der Waals surface area contributed by atoms with E-state index >= 15 is 0 Å². The summed E-state index contributed by atoms with van der Waals surface area (Å²) in [6.45, 7) is -0.286. The van der Waals surface area contributed by atoms with Crippen molar-refractivity contribution in [2.24, 2.45) is 0 Å². The maximum Gasteiger partial charge on any atom is 0.338 e. The summed E-state index contributed by atoms with van der Waals surface area (Å²) in [5.74, 6) is -1.28. The van der Waals surface area contributed by atoms with Crippen molar-refractivity contribution < 1.29 is 34.0 Å². The van der Waals surface area contributed by atoms with Crippen LogP contribution in [0.3, 0.4) is 0 Å². The molecule has 3 rings (SSSR count). The zero-order valence-electron chi connectivity index (χ0n) is 13.7. The van der Waals surface area contributed by atoms with Crippen LogP contribution in [0.5, 0.6) is 0 Å². The van der Waals surface area contributed by atoms with Gasteiger partial charge in [0.15, 0.2) is 12.4 Å². The number of carbonyl (C=O) groups is 2. The molecule has 0 aromatic heterocycles. The lowest BCUT2D eigenvalue weighted by Crippen LogP contribution is -2.38. The van der Waals surface area contributed by atoms with Gasteiger partial charge in [-0.05, 0) is 24.3 Å². The third-order valence-electron chi connectivity index (χ3n) is 3.95. The predicted octanol–water partition coefficient (Wildman–Crippen LogP) is 1.15. The maximum absolute atomic E-state index is 12.1. The van der Waals surface area contributed by atoms with Gasteiger partial charge in [-0.1, -0.05) is 36.4 Å². The Morgan fingerprint density at radius 2 is 1.42 bits per heavy atom. The molecule has 1 fully saturated rings. The second kappa shape index (κ2) is 8.09. The largest absolute Gasteiger partial charge is 0.459 e. The highest BCUT2D eigenvalue weighted by Gasteiger charge is 2.46. The number of benzene rings is 2. The van der Waals surface area contributed by atoms with E-state index in [1.54, 1.807) is 60.7 Å². The molecule has 1 saturated heterocycles. The summed E-state index contributed by atoms with van der Waals surface area (Å²) < 4.78 is 15.4. The summed E-state index contributed by atoms with van der Waals surface area (Å²) in [7, 11) is 0. The van der Waals surface area contributed by atoms with Crippen LogP contribution in [0, 0.1) is 0 Å². The molecule has 2 aromatic carbocycles. The molecule has 0 saturated carbocycles. The lowest BCUT2D eigenvalue weighted by molar-refractivity contribution is -0.135. The van der Waals surface area contributed by atoms with Crippen molar-refractivity contribution in [3.05, 3.63) is 71.8 Å². The average Bonchev–Trinajstić information content (AvgIpc) is 2.95. The zero-order chi connectivity index (χ0) is 18.5. The second-order valence-electron chi connectivity index (χ2n) is 5.76. The molecular formula is C19H18O7. The van der Waals surface area contributed by atoms with Crippen molar-refractivity contribution in [1.29, 1.82) is 0 Å². The molecule has 136 valence electrons. The Balaban J connectivity index is 1.56. The molecule has 2 N–H and O–H groups in total. The van der Waals surface area contributed by atoms with E-state index in [-0.39, 0.29) is 12.2 Å². The van der Waals surface area contributed by atoms with Crippen LogP contribution >= 0.6 is 0 Å². The van der Waals surface area contributed by atoms with Gasteiger partial charge in [-0.25, -0.2) is 9.59 Å². The van der Waals surface area contributed by atoms with E-state index in [4.69, 9.17) is 14.2 Å². The first-order valence-corrected chi connectivity index (χ1v) is 8.06. The predicted molar refractivity (Wildman–Crippen MR) is 89.3 cm³/mol. The fourth-order valence-electron chi connectivity index (χ4n) is 2.56. The van der Waals surface area contributed by atoms with Gasteiger partial charge in [-0.2, -0.15) is 0 Å². The monoisotopic (exact) mass is 358 g/mol. The molecule has 1 aliphatic heterocycles. The summed E-state index contributed by atoms with van der Waals surface area (Å²) >= 11 is 0. The molecule has 7 nitrogen and oxygen atoms in total. The van der Waals surface area contributed by atoms with Gasteiger partial charge in [-0.3, -0.25) is 0 Å². The van der Waals surface area contributed by atoms with Gasteiger partial charge < -0.3 is 24.4 Å². The quantitative estimate of drug-likeness (QED) is 0.773. The Hall–Kier alpha value is -2.74. The highest BCUT2D eigenvalue weighted by Crippen LogP contribution is 2.24. The number of hydrogen-bond donors (Lipinski definition) is 2. The van der Waals surface area contributed by atoms with E-state index in [1.165, 1.54) is 0 Å². The number of ether oxygens (including phenoxy) is 3. The minimum absolute atomic E-state index is 0.283. The van der Waals surface area contributed by atoms with E-state index in [1.807, 2.05) is 0 Å². The number of aliphatic hydroxyl groups is 2. The van der Waals surface area contributed by atoms with Crippen molar-refractivity contribution >= 4 is 11.9 Å². The number of carbonyl (C=O) groups excluding carboxylic acids is 2. The fraction of sp³-hybridized carbons (Fsp3) is 0.263. The van der Waals surface area contributed by atoms with Crippen molar-refractivity contribution in [3.63, 3.8) is 0 Å². The van der Waals surface area contributed by atoms with Crippen LogP contribution in [0.1, 0.15) is 20.7 Å². The average molecular weight is 358 g/mol. The molecule has 0 bridgehead atoms. The molecule has 2 aromatic rings. The van der Waals surface area contributed by atoms with Gasteiger partial charge in [0.05, 0.1) is 11.1 Å². The number of rotatable bonds is 5. The highest BCUT2D eigenvalue weighted by molar-refractivity contribution is 5.89. The highest BCUT2D eigenvalue weighted by atomic mass is 16.7. The minimum atomic E-state index is -1.52. The Labute approximate surface area is 149 Å².